The Morgan fingerprint density at radius 3 is 2.92 bits per heavy atom. The summed E-state index contributed by atoms with van der Waals surface area (Å²) in [4.78, 5) is 11.1. The molecule has 0 aromatic carbocycles. The van der Waals surface area contributed by atoms with Gasteiger partial charge in [-0.15, -0.1) is 0 Å². The molecule has 0 spiro atoms. The summed E-state index contributed by atoms with van der Waals surface area (Å²) in [6.07, 6.45) is 8.26. The second-order valence-electron chi connectivity index (χ2n) is 2.06. The van der Waals surface area contributed by atoms with Crippen LogP contribution in [0.3, 0.4) is 0 Å². The first-order chi connectivity index (χ1) is 5.84. The molecule has 1 heterocycles. The highest BCUT2D eigenvalue weighted by Crippen LogP contribution is 1.98. The van der Waals surface area contributed by atoms with Crippen LogP contribution in [0.1, 0.15) is 0 Å². The van der Waals surface area contributed by atoms with Crippen molar-refractivity contribution in [2.24, 2.45) is 0 Å². The van der Waals surface area contributed by atoms with Gasteiger partial charge in [0.2, 0.25) is 0 Å². The van der Waals surface area contributed by atoms with Gasteiger partial charge in [0, 0.05) is 6.20 Å². The first-order valence-corrected chi connectivity index (χ1v) is 4.44. The molecule has 0 aromatic rings. The Hall–Kier alpha value is -1.28. The zero-order chi connectivity index (χ0) is 8.81. The lowest BCUT2D eigenvalue weighted by Gasteiger charge is -2.04. The number of hydrogen-bond donors (Lipinski definition) is 2. The Labute approximate surface area is 71.3 Å². The lowest BCUT2D eigenvalue weighted by molar-refractivity contribution is -0.116. The number of rotatable bonds is 2. The highest BCUT2D eigenvalue weighted by molar-refractivity contribution is 7.21. The van der Waals surface area contributed by atoms with E-state index in [4.69, 9.17) is 0 Å². The van der Waals surface area contributed by atoms with Crippen LogP contribution in [0.15, 0.2) is 36.2 Å². The van der Waals surface area contributed by atoms with E-state index in [0.717, 1.165) is 0 Å². The zero-order valence-electron chi connectivity index (χ0n) is 6.28. The quantitative estimate of drug-likeness (QED) is 0.608. The molecule has 1 amide bonds. The van der Waals surface area contributed by atoms with Gasteiger partial charge >= 0.3 is 0 Å². The molecular formula is C7H9N2O2P. The van der Waals surface area contributed by atoms with Crippen LogP contribution in [0.2, 0.25) is 0 Å². The molecule has 1 unspecified atom stereocenters. The molecule has 2 N–H and O–H groups in total. The Morgan fingerprint density at radius 1 is 1.33 bits per heavy atom. The van der Waals surface area contributed by atoms with E-state index in [9.17, 15) is 9.36 Å². The zero-order valence-corrected chi connectivity index (χ0v) is 7.44. The molecule has 0 aromatic heterocycles. The number of hydrogen-bond acceptors (Lipinski definition) is 2. The number of amides is 1. The van der Waals surface area contributed by atoms with Crippen molar-refractivity contribution in [3.05, 3.63) is 36.2 Å². The minimum absolute atomic E-state index is 0.279. The minimum atomic E-state index is -1.15. The summed E-state index contributed by atoms with van der Waals surface area (Å²) in [5.74, 6) is -0.279. The van der Waals surface area contributed by atoms with Crippen molar-refractivity contribution in [3.8, 4) is 0 Å². The monoisotopic (exact) mass is 184 g/mol. The number of carbonyl (C=O) groups excluding carboxylic acids is 1. The Kier molecular flexibility index (Phi) is 3.35. The van der Waals surface area contributed by atoms with E-state index in [2.05, 4.69) is 10.4 Å². The van der Waals surface area contributed by atoms with Gasteiger partial charge in [0.05, 0.1) is 0 Å². The van der Waals surface area contributed by atoms with Crippen LogP contribution >= 0.6 is 8.61 Å². The summed E-state index contributed by atoms with van der Waals surface area (Å²) in [5, 5.41) is 4.99. The maximum absolute atomic E-state index is 11.1. The Bertz CT molecular complexity index is 281. The molecule has 5 heteroatoms. The van der Waals surface area contributed by atoms with Gasteiger partial charge in [-0.25, -0.2) is 0 Å². The predicted octanol–water partition coefficient (Wildman–Crippen LogP) is 0.331. The van der Waals surface area contributed by atoms with Gasteiger partial charge in [0.25, 0.3) is 5.91 Å². The van der Waals surface area contributed by atoms with Crippen molar-refractivity contribution < 1.29 is 9.36 Å². The van der Waals surface area contributed by atoms with E-state index in [1.54, 1.807) is 24.3 Å². The van der Waals surface area contributed by atoms with Gasteiger partial charge in [-0.2, -0.15) is 0 Å². The van der Waals surface area contributed by atoms with Crippen LogP contribution < -0.4 is 10.4 Å². The van der Waals surface area contributed by atoms with Crippen molar-refractivity contribution in [3.63, 3.8) is 0 Å². The van der Waals surface area contributed by atoms with Gasteiger partial charge in [-0.05, 0) is 12.2 Å². The lowest BCUT2D eigenvalue weighted by Crippen LogP contribution is -2.24. The summed E-state index contributed by atoms with van der Waals surface area (Å²) in [6.45, 7) is 0. The fourth-order valence-corrected chi connectivity index (χ4v) is 1.08. The van der Waals surface area contributed by atoms with Crippen LogP contribution in [0.5, 0.6) is 0 Å². The van der Waals surface area contributed by atoms with Crippen LogP contribution in [-0.2, 0) is 9.36 Å². The molecule has 4 nitrogen and oxygen atoms in total. The molecular weight excluding hydrogens is 175 g/mol. The number of nitrogens with one attached hydrogen (secondary N) is 2. The van der Waals surface area contributed by atoms with Crippen molar-refractivity contribution in [2.45, 2.75) is 0 Å². The fraction of sp³-hybridized carbons (Fsp3) is 0. The lowest BCUT2D eigenvalue weighted by atomic mass is 10.3. The van der Waals surface area contributed by atoms with Crippen molar-refractivity contribution >= 4 is 14.5 Å². The van der Waals surface area contributed by atoms with E-state index in [1.807, 2.05) is 0 Å². The molecule has 12 heavy (non-hydrogen) atoms. The van der Waals surface area contributed by atoms with Crippen LogP contribution in [0.4, 0.5) is 0 Å². The minimum Gasteiger partial charge on any atom is -0.336 e. The van der Waals surface area contributed by atoms with Gasteiger partial charge < -0.3 is 15.0 Å². The summed E-state index contributed by atoms with van der Waals surface area (Å²) < 4.78 is 10.3. The number of allylic oxidation sites excluding steroid dienone is 4. The van der Waals surface area contributed by atoms with Crippen LogP contribution in [0.25, 0.3) is 0 Å². The maximum Gasteiger partial charge on any atom is 0.271 e. The molecule has 0 saturated carbocycles. The largest absolute Gasteiger partial charge is 0.336 e. The molecule has 0 radical (unpaired) electrons. The van der Waals surface area contributed by atoms with E-state index in [1.165, 1.54) is 6.20 Å². The topological polar surface area (TPSA) is 58.2 Å². The van der Waals surface area contributed by atoms with E-state index in [-0.39, 0.29) is 5.91 Å². The first kappa shape index (κ1) is 8.81. The SMILES string of the molecule is O=[PH2]N/C1=C/C=C\C=C/NC1=O. The second-order valence-corrected chi connectivity index (χ2v) is 2.58. The molecule has 64 valence electrons. The average Bonchev–Trinajstić information content (AvgIpc) is 2.05. The fourth-order valence-electron chi connectivity index (χ4n) is 0.726. The van der Waals surface area contributed by atoms with Crippen LogP contribution in [-0.4, -0.2) is 5.91 Å². The van der Waals surface area contributed by atoms with E-state index >= 15 is 0 Å². The van der Waals surface area contributed by atoms with E-state index in [0.29, 0.717) is 5.70 Å². The molecule has 0 aliphatic carbocycles. The maximum atomic E-state index is 11.1. The Morgan fingerprint density at radius 2 is 2.17 bits per heavy atom. The standard InChI is InChI=1S/C7H9N2O2P/c10-7-6(9-12-11)4-2-1-3-5-8-7/h1-5H,12H2,(H,8,10)(H,9,11). The third-order valence-electron chi connectivity index (χ3n) is 1.25. The summed E-state index contributed by atoms with van der Waals surface area (Å²) in [5.41, 5.74) is 0.320. The van der Waals surface area contributed by atoms with Crippen LogP contribution in [0, 0.1) is 0 Å². The first-order valence-electron chi connectivity index (χ1n) is 3.39. The molecule has 0 saturated heterocycles. The molecule has 0 bridgehead atoms. The molecule has 1 atom stereocenters. The van der Waals surface area contributed by atoms with Crippen molar-refractivity contribution in [2.75, 3.05) is 0 Å². The van der Waals surface area contributed by atoms with Gasteiger partial charge in [-0.1, -0.05) is 12.2 Å². The summed E-state index contributed by atoms with van der Waals surface area (Å²) in [6, 6.07) is 0. The van der Waals surface area contributed by atoms with Gasteiger partial charge in [0.15, 0.2) is 0 Å². The number of carbonyl (C=O) groups is 1. The summed E-state index contributed by atoms with van der Waals surface area (Å²) >= 11 is 0. The molecule has 1 rings (SSSR count). The predicted molar refractivity (Wildman–Crippen MR) is 48.0 cm³/mol. The van der Waals surface area contributed by atoms with E-state index < -0.39 is 8.61 Å². The van der Waals surface area contributed by atoms with Crippen molar-refractivity contribution in [1.29, 1.82) is 0 Å². The smallest absolute Gasteiger partial charge is 0.271 e. The summed E-state index contributed by atoms with van der Waals surface area (Å²) in [7, 11) is -1.15. The average molecular weight is 184 g/mol. The highest BCUT2D eigenvalue weighted by atomic mass is 31.1. The van der Waals surface area contributed by atoms with Crippen molar-refractivity contribution in [1.82, 2.24) is 10.4 Å². The molecule has 1 aliphatic rings. The second kappa shape index (κ2) is 4.57. The molecule has 0 fully saturated rings. The third-order valence-corrected chi connectivity index (χ3v) is 1.68. The van der Waals surface area contributed by atoms with Gasteiger partial charge in [0.1, 0.15) is 14.3 Å². The highest BCUT2D eigenvalue weighted by Gasteiger charge is 2.04. The third kappa shape index (κ3) is 2.40. The molecule has 1 aliphatic heterocycles. The normalized spacial score (nSPS) is 26.7. The van der Waals surface area contributed by atoms with Gasteiger partial charge in [-0.3, -0.25) is 4.79 Å². The Balaban J connectivity index is 2.80.